The lowest BCUT2D eigenvalue weighted by Gasteiger charge is -2.61. The Labute approximate surface area is 338 Å². The van der Waals surface area contributed by atoms with Crippen LogP contribution < -0.4 is 0 Å². The van der Waals surface area contributed by atoms with Gasteiger partial charge in [-0.15, -0.1) is 0 Å². The molecule has 58 heavy (non-hydrogen) atoms. The number of fused-ring (bicyclic) bond motifs is 11. The summed E-state index contributed by atoms with van der Waals surface area (Å²) in [6.07, 6.45) is 7.05. The average molecular weight is 743 g/mol. The molecule has 15 rings (SSSR count). The summed E-state index contributed by atoms with van der Waals surface area (Å²) in [6, 6.07) is 64.5. The topological polar surface area (TPSA) is 9.86 Å². The summed E-state index contributed by atoms with van der Waals surface area (Å²) >= 11 is 0. The molecule has 8 aromatic carbocycles. The van der Waals surface area contributed by atoms with E-state index in [-0.39, 0.29) is 5.41 Å². The minimum atomic E-state index is 0.130. The summed E-state index contributed by atoms with van der Waals surface area (Å²) in [5, 5.41) is 7.85. The molecule has 2 nitrogen and oxygen atoms in total. The third-order valence-electron chi connectivity index (χ3n) is 15.5. The minimum absolute atomic E-state index is 0.130. The van der Waals surface area contributed by atoms with Crippen molar-refractivity contribution in [3.8, 4) is 33.6 Å². The molecule has 5 aliphatic carbocycles. The van der Waals surface area contributed by atoms with Gasteiger partial charge in [-0.25, -0.2) is 0 Å². The minimum Gasteiger partial charge on any atom is -0.309 e. The second-order valence-electron chi connectivity index (χ2n) is 18.1. The number of hydrogen-bond acceptors (Lipinski definition) is 0. The molecule has 0 N–H and O–H groups in total. The van der Waals surface area contributed by atoms with Crippen molar-refractivity contribution in [2.75, 3.05) is 0 Å². The molecular formula is C56H42N2. The van der Waals surface area contributed by atoms with Crippen molar-refractivity contribution in [1.82, 2.24) is 9.13 Å². The van der Waals surface area contributed by atoms with Crippen molar-refractivity contribution in [2.45, 2.75) is 37.5 Å². The van der Waals surface area contributed by atoms with Gasteiger partial charge in [0.25, 0.3) is 0 Å². The predicted octanol–water partition coefficient (Wildman–Crippen LogP) is 14.4. The van der Waals surface area contributed by atoms with Crippen molar-refractivity contribution in [2.24, 2.45) is 23.7 Å². The Hall–Kier alpha value is -6.38. The smallest absolute Gasteiger partial charge is 0.0622 e. The number of rotatable bonds is 3. The van der Waals surface area contributed by atoms with E-state index in [1.54, 1.807) is 11.1 Å². The van der Waals surface area contributed by atoms with Crippen LogP contribution in [0.2, 0.25) is 0 Å². The van der Waals surface area contributed by atoms with E-state index in [9.17, 15) is 0 Å². The normalized spacial score (nSPS) is 22.9. The molecule has 0 atom stereocenters. The SMILES string of the molecule is c1cc(-c2ccc(-n3c4cc5ccccc5cc4c4ccc5c(c43)-c3ccccc3C53C4CC5CC(C4)CC3C5)cc2)cc(-n2c3ccccc3c3ccccc32)c1. The van der Waals surface area contributed by atoms with Crippen LogP contribution in [-0.4, -0.2) is 9.13 Å². The third-order valence-corrected chi connectivity index (χ3v) is 15.5. The van der Waals surface area contributed by atoms with Gasteiger partial charge in [-0.3, -0.25) is 0 Å². The third kappa shape index (κ3) is 4.03. The molecule has 2 aromatic heterocycles. The van der Waals surface area contributed by atoms with E-state index in [2.05, 4.69) is 179 Å². The lowest BCUT2D eigenvalue weighted by atomic mass is 9.43. The zero-order valence-electron chi connectivity index (χ0n) is 32.4. The van der Waals surface area contributed by atoms with Gasteiger partial charge >= 0.3 is 0 Å². The standard InChI is InChI=1S/C56H42N2/c1-2-11-39-33-53-48(32-38(39)10-1)46-24-25-50-54(47-16-3-6-17-49(47)56(50)40-27-34-26-35(29-40)30-41(56)28-34)55(46)58(53)42-22-20-36(21-23-42)37-12-9-13-43(31-37)57-51-18-7-4-14-44(51)45-15-5-8-19-52(45)57/h1-25,31-35,40-41H,26-30H2. The Balaban J connectivity index is 0.981. The van der Waals surface area contributed by atoms with Gasteiger partial charge in [0, 0.05) is 43.9 Å². The largest absolute Gasteiger partial charge is 0.309 e. The van der Waals surface area contributed by atoms with E-state index < -0.39 is 0 Å². The van der Waals surface area contributed by atoms with Crippen LogP contribution in [0.25, 0.3) is 88.0 Å². The fourth-order valence-corrected chi connectivity index (χ4v) is 13.5. The molecular weight excluding hydrogens is 701 g/mol. The van der Waals surface area contributed by atoms with E-state index in [0.717, 1.165) is 23.7 Å². The molecule has 4 bridgehead atoms. The molecule has 2 heterocycles. The van der Waals surface area contributed by atoms with Gasteiger partial charge in [-0.05, 0) is 143 Å². The number of nitrogens with zero attached hydrogens (tertiary/aromatic N) is 2. The van der Waals surface area contributed by atoms with E-state index in [4.69, 9.17) is 0 Å². The van der Waals surface area contributed by atoms with Gasteiger partial charge < -0.3 is 9.13 Å². The van der Waals surface area contributed by atoms with Gasteiger partial charge in [0.2, 0.25) is 0 Å². The molecule has 0 unspecified atom stereocenters. The molecule has 4 fully saturated rings. The summed E-state index contributed by atoms with van der Waals surface area (Å²) in [6.45, 7) is 0. The predicted molar refractivity (Wildman–Crippen MR) is 241 cm³/mol. The van der Waals surface area contributed by atoms with Crippen LogP contribution in [0.5, 0.6) is 0 Å². The first kappa shape index (κ1) is 31.7. The van der Waals surface area contributed by atoms with Crippen LogP contribution >= 0.6 is 0 Å². The highest BCUT2D eigenvalue weighted by molar-refractivity contribution is 6.18. The van der Waals surface area contributed by atoms with Gasteiger partial charge in [0.05, 0.1) is 22.1 Å². The Morgan fingerprint density at radius 3 is 1.79 bits per heavy atom. The average Bonchev–Trinajstić information content (AvgIpc) is 3.89. The fraction of sp³-hybridized carbons (Fsp3) is 0.179. The van der Waals surface area contributed by atoms with E-state index >= 15 is 0 Å². The first-order valence-corrected chi connectivity index (χ1v) is 21.5. The Morgan fingerprint density at radius 2 is 1.05 bits per heavy atom. The molecule has 10 aromatic rings. The van der Waals surface area contributed by atoms with E-state index in [1.165, 1.54) is 120 Å². The molecule has 2 heteroatoms. The van der Waals surface area contributed by atoms with Crippen molar-refractivity contribution in [3.63, 3.8) is 0 Å². The molecule has 0 amide bonds. The molecule has 276 valence electrons. The van der Waals surface area contributed by atoms with Crippen LogP contribution in [0.4, 0.5) is 0 Å². The zero-order chi connectivity index (χ0) is 37.7. The highest BCUT2D eigenvalue weighted by Gasteiger charge is 2.61. The maximum absolute atomic E-state index is 2.63. The van der Waals surface area contributed by atoms with Crippen molar-refractivity contribution in [3.05, 3.63) is 181 Å². The highest BCUT2D eigenvalue weighted by Crippen LogP contribution is 2.70. The fourth-order valence-electron chi connectivity index (χ4n) is 13.5. The maximum atomic E-state index is 2.63. The Bertz CT molecular complexity index is 3270. The number of aromatic nitrogens is 2. The molecule has 0 radical (unpaired) electrons. The number of para-hydroxylation sites is 2. The monoisotopic (exact) mass is 742 g/mol. The van der Waals surface area contributed by atoms with Crippen LogP contribution in [0.1, 0.15) is 43.2 Å². The van der Waals surface area contributed by atoms with Gasteiger partial charge in [0.1, 0.15) is 0 Å². The van der Waals surface area contributed by atoms with Crippen molar-refractivity contribution in [1.29, 1.82) is 0 Å². The summed E-state index contributed by atoms with van der Waals surface area (Å²) in [7, 11) is 0. The summed E-state index contributed by atoms with van der Waals surface area (Å²) in [4.78, 5) is 0. The van der Waals surface area contributed by atoms with Crippen LogP contribution in [-0.2, 0) is 5.41 Å². The van der Waals surface area contributed by atoms with Gasteiger partial charge in [0.15, 0.2) is 0 Å². The quantitative estimate of drug-likeness (QED) is 0.171. The van der Waals surface area contributed by atoms with Gasteiger partial charge in [-0.1, -0.05) is 121 Å². The van der Waals surface area contributed by atoms with Crippen molar-refractivity contribution < 1.29 is 0 Å². The van der Waals surface area contributed by atoms with Crippen molar-refractivity contribution >= 4 is 54.4 Å². The van der Waals surface area contributed by atoms with Crippen LogP contribution in [0.3, 0.4) is 0 Å². The summed E-state index contributed by atoms with van der Waals surface area (Å²) < 4.78 is 5.04. The first-order chi connectivity index (χ1) is 28.7. The number of hydrogen-bond donors (Lipinski definition) is 0. The molecule has 1 spiro atoms. The van der Waals surface area contributed by atoms with Crippen LogP contribution in [0.15, 0.2) is 170 Å². The molecule has 0 saturated heterocycles. The Morgan fingerprint density at radius 1 is 0.397 bits per heavy atom. The van der Waals surface area contributed by atoms with E-state index in [0.29, 0.717) is 0 Å². The lowest BCUT2D eigenvalue weighted by Crippen LogP contribution is -2.55. The second kappa shape index (κ2) is 11.4. The second-order valence-corrected chi connectivity index (χ2v) is 18.1. The van der Waals surface area contributed by atoms with E-state index in [1.807, 2.05) is 0 Å². The van der Waals surface area contributed by atoms with Crippen LogP contribution in [0, 0.1) is 23.7 Å². The lowest BCUT2D eigenvalue weighted by molar-refractivity contribution is -0.0399. The molecule has 4 saturated carbocycles. The molecule has 0 aliphatic heterocycles. The first-order valence-electron chi connectivity index (χ1n) is 21.5. The zero-order valence-corrected chi connectivity index (χ0v) is 32.4. The van der Waals surface area contributed by atoms with Gasteiger partial charge in [-0.2, -0.15) is 0 Å². The molecule has 5 aliphatic rings. The summed E-state index contributed by atoms with van der Waals surface area (Å²) in [5.74, 6) is 3.32. The Kier molecular flexibility index (Phi) is 6.22. The number of benzene rings is 8. The highest BCUT2D eigenvalue weighted by atomic mass is 15.0. The maximum Gasteiger partial charge on any atom is 0.0622 e. The summed E-state index contributed by atoms with van der Waals surface area (Å²) in [5.41, 5.74) is 16.3.